The number of rotatable bonds is 7. The summed E-state index contributed by atoms with van der Waals surface area (Å²) in [5, 5.41) is 6.29. The Morgan fingerprint density at radius 1 is 0.923 bits per heavy atom. The molecule has 0 saturated heterocycles. The van der Waals surface area contributed by atoms with Gasteiger partial charge < -0.3 is 20.3 Å². The van der Waals surface area contributed by atoms with Gasteiger partial charge in [-0.25, -0.2) is 0 Å². The summed E-state index contributed by atoms with van der Waals surface area (Å²) in [6, 6.07) is 11.9. The number of methoxy groups -OCH3 is 1. The largest absolute Gasteiger partial charge is 0.497 e. The van der Waals surface area contributed by atoms with Gasteiger partial charge in [0.25, 0.3) is 11.8 Å². The van der Waals surface area contributed by atoms with Crippen molar-refractivity contribution in [1.29, 1.82) is 0 Å². The van der Waals surface area contributed by atoms with Gasteiger partial charge in [-0.1, -0.05) is 23.2 Å². The van der Waals surface area contributed by atoms with Crippen LogP contribution in [0.4, 0.5) is 11.4 Å². The summed E-state index contributed by atoms with van der Waals surface area (Å²) in [5.74, 6) is 0.304. The fourth-order valence-corrected chi connectivity index (χ4v) is 2.57. The van der Waals surface area contributed by atoms with Crippen molar-refractivity contribution in [1.82, 2.24) is 0 Å². The van der Waals surface area contributed by atoms with E-state index in [2.05, 4.69) is 10.6 Å². The minimum Gasteiger partial charge on any atom is -0.497 e. The zero-order valence-electron chi connectivity index (χ0n) is 14.4. The van der Waals surface area contributed by atoms with E-state index in [1.807, 2.05) is 0 Å². The Morgan fingerprint density at radius 2 is 1.46 bits per heavy atom. The van der Waals surface area contributed by atoms with Gasteiger partial charge in [-0.05, 0) is 42.5 Å². The van der Waals surface area contributed by atoms with E-state index < -0.39 is 0 Å². The Hall–Kier alpha value is -2.28. The summed E-state index contributed by atoms with van der Waals surface area (Å²) < 4.78 is 5.07. The predicted octanol–water partition coefficient (Wildman–Crippen LogP) is 2.09. The van der Waals surface area contributed by atoms with Crippen LogP contribution in [0.3, 0.4) is 0 Å². The highest BCUT2D eigenvalue weighted by Gasteiger charge is 2.15. The number of nitrogens with one attached hydrogen (secondary N) is 3. The molecule has 0 fully saturated rings. The predicted molar refractivity (Wildman–Crippen MR) is 103 cm³/mol. The molecule has 0 saturated carbocycles. The number of anilines is 2. The number of carbonyl (C=O) groups is 2. The molecule has 0 radical (unpaired) electrons. The molecule has 1 unspecified atom stereocenters. The average Bonchev–Trinajstić information content (AvgIpc) is 2.58. The zero-order chi connectivity index (χ0) is 19.1. The van der Waals surface area contributed by atoms with Gasteiger partial charge in [0.1, 0.15) is 5.75 Å². The number of hydrogen-bond acceptors (Lipinski definition) is 3. The summed E-state index contributed by atoms with van der Waals surface area (Å²) in [4.78, 5) is 24.9. The molecule has 2 aromatic carbocycles. The molecule has 0 aromatic heterocycles. The van der Waals surface area contributed by atoms with Gasteiger partial charge in [-0.2, -0.15) is 0 Å². The molecule has 138 valence electrons. The van der Waals surface area contributed by atoms with Crippen LogP contribution in [-0.2, 0) is 9.59 Å². The van der Waals surface area contributed by atoms with Gasteiger partial charge >= 0.3 is 0 Å². The molecule has 8 heteroatoms. The Labute approximate surface area is 162 Å². The van der Waals surface area contributed by atoms with Crippen LogP contribution in [0.25, 0.3) is 0 Å². The van der Waals surface area contributed by atoms with Crippen LogP contribution in [0.1, 0.15) is 0 Å². The molecule has 2 rings (SSSR count). The standard InChI is InChI=1S/C18H19Cl2N3O3/c1-23(10-17(24)21-12-3-6-14(26-2)7-4-12)11-18(25)22-13-5-8-15(19)16(20)9-13/h3-9H,10-11H2,1-2H3,(H,21,24)(H,22,25)/p+1. The molecule has 6 nitrogen and oxygen atoms in total. The molecule has 0 heterocycles. The second-order valence-corrected chi connectivity index (χ2v) is 6.58. The van der Waals surface area contributed by atoms with Crippen LogP contribution in [0.5, 0.6) is 5.75 Å². The lowest BCUT2D eigenvalue weighted by atomic mass is 10.3. The maximum absolute atomic E-state index is 12.1. The SMILES string of the molecule is COc1ccc(NC(=O)C[NH+](C)CC(=O)Nc2ccc(Cl)c(Cl)c2)cc1. The number of amides is 2. The van der Waals surface area contributed by atoms with E-state index >= 15 is 0 Å². The molecule has 1 atom stereocenters. The van der Waals surface area contributed by atoms with Gasteiger partial charge in [0.05, 0.1) is 24.2 Å². The maximum atomic E-state index is 12.1. The van der Waals surface area contributed by atoms with Crippen molar-refractivity contribution in [3.05, 3.63) is 52.5 Å². The topological polar surface area (TPSA) is 71.9 Å². The van der Waals surface area contributed by atoms with Crippen molar-refractivity contribution >= 4 is 46.4 Å². The van der Waals surface area contributed by atoms with Gasteiger partial charge in [0, 0.05) is 11.4 Å². The van der Waals surface area contributed by atoms with Crippen LogP contribution >= 0.6 is 23.2 Å². The molecular formula is C18H20Cl2N3O3+. The van der Waals surface area contributed by atoms with Gasteiger partial charge in [-0.15, -0.1) is 0 Å². The molecule has 0 aliphatic rings. The third-order valence-electron chi connectivity index (χ3n) is 3.50. The summed E-state index contributed by atoms with van der Waals surface area (Å²) >= 11 is 11.8. The highest BCUT2D eigenvalue weighted by Crippen LogP contribution is 2.24. The van der Waals surface area contributed by atoms with Crippen molar-refractivity contribution in [2.75, 3.05) is 37.9 Å². The first-order valence-corrected chi connectivity index (χ1v) is 8.63. The lowest BCUT2D eigenvalue weighted by Gasteiger charge is -2.14. The highest BCUT2D eigenvalue weighted by molar-refractivity contribution is 6.42. The minimum atomic E-state index is -0.224. The number of ether oxygens (including phenoxy) is 1. The maximum Gasteiger partial charge on any atom is 0.279 e. The number of halogens is 2. The van der Waals surface area contributed by atoms with Crippen molar-refractivity contribution in [2.24, 2.45) is 0 Å². The molecule has 0 spiro atoms. The van der Waals surface area contributed by atoms with E-state index in [-0.39, 0.29) is 24.9 Å². The highest BCUT2D eigenvalue weighted by atomic mass is 35.5. The summed E-state index contributed by atoms with van der Waals surface area (Å²) in [5.41, 5.74) is 1.23. The fourth-order valence-electron chi connectivity index (χ4n) is 2.27. The monoisotopic (exact) mass is 396 g/mol. The Balaban J connectivity index is 1.80. The Bertz CT molecular complexity index is 782. The third-order valence-corrected chi connectivity index (χ3v) is 4.24. The molecule has 26 heavy (non-hydrogen) atoms. The van der Waals surface area contributed by atoms with Gasteiger partial charge in [-0.3, -0.25) is 9.59 Å². The van der Waals surface area contributed by atoms with Gasteiger partial charge in [0.15, 0.2) is 13.1 Å². The van der Waals surface area contributed by atoms with Crippen molar-refractivity contribution in [3.8, 4) is 5.75 Å². The Morgan fingerprint density at radius 3 is 2.00 bits per heavy atom. The molecular weight excluding hydrogens is 377 g/mol. The summed E-state index contributed by atoms with van der Waals surface area (Å²) in [6.07, 6.45) is 0. The van der Waals surface area contributed by atoms with E-state index in [1.54, 1.807) is 56.6 Å². The first-order chi connectivity index (χ1) is 12.4. The molecule has 0 aliphatic carbocycles. The first kappa shape index (κ1) is 20.0. The zero-order valence-corrected chi connectivity index (χ0v) is 15.9. The number of quaternary nitrogens is 1. The molecule has 0 aliphatic heterocycles. The van der Waals surface area contributed by atoms with E-state index in [4.69, 9.17) is 27.9 Å². The Kier molecular flexibility index (Phi) is 7.26. The average molecular weight is 397 g/mol. The smallest absolute Gasteiger partial charge is 0.279 e. The van der Waals surface area contributed by atoms with Crippen molar-refractivity contribution < 1.29 is 19.2 Å². The van der Waals surface area contributed by atoms with Crippen molar-refractivity contribution in [2.45, 2.75) is 0 Å². The van der Waals surface area contributed by atoms with E-state index in [0.29, 0.717) is 27.2 Å². The minimum absolute atomic E-state index is 0.135. The summed E-state index contributed by atoms with van der Waals surface area (Å²) in [7, 11) is 3.34. The fraction of sp³-hybridized carbons (Fsp3) is 0.222. The van der Waals surface area contributed by atoms with Crippen LogP contribution in [0, 0.1) is 0 Å². The normalized spacial score (nSPS) is 11.5. The van der Waals surface area contributed by atoms with Gasteiger partial charge in [0.2, 0.25) is 0 Å². The van der Waals surface area contributed by atoms with E-state index in [1.165, 1.54) is 0 Å². The molecule has 2 amide bonds. The second-order valence-electron chi connectivity index (χ2n) is 5.76. The lowest BCUT2D eigenvalue weighted by Crippen LogP contribution is -3.11. The first-order valence-electron chi connectivity index (χ1n) is 7.87. The third kappa shape index (κ3) is 6.22. The van der Waals surface area contributed by atoms with Crippen LogP contribution in [0.2, 0.25) is 10.0 Å². The van der Waals surface area contributed by atoms with Crippen LogP contribution in [0.15, 0.2) is 42.5 Å². The van der Waals surface area contributed by atoms with Crippen LogP contribution < -0.4 is 20.3 Å². The molecule has 2 aromatic rings. The quantitative estimate of drug-likeness (QED) is 0.670. The van der Waals surface area contributed by atoms with E-state index in [0.717, 1.165) is 4.90 Å². The van der Waals surface area contributed by atoms with Crippen molar-refractivity contribution in [3.63, 3.8) is 0 Å². The number of carbonyl (C=O) groups excluding carboxylic acids is 2. The second kappa shape index (κ2) is 9.43. The lowest BCUT2D eigenvalue weighted by molar-refractivity contribution is -0.862. The van der Waals surface area contributed by atoms with Crippen LogP contribution in [-0.4, -0.2) is 39.1 Å². The van der Waals surface area contributed by atoms with E-state index in [9.17, 15) is 9.59 Å². The number of likely N-dealkylation sites (N-methyl/N-ethyl adjacent to an activating group) is 1. The summed E-state index contributed by atoms with van der Waals surface area (Å²) in [6.45, 7) is 0.289. The molecule has 0 bridgehead atoms. The molecule has 3 N–H and O–H groups in total. The number of hydrogen-bond donors (Lipinski definition) is 3. The number of benzene rings is 2.